The van der Waals surface area contributed by atoms with Gasteiger partial charge in [-0.1, -0.05) is 43.2 Å². The summed E-state index contributed by atoms with van der Waals surface area (Å²) in [6, 6.07) is 10.4. The van der Waals surface area contributed by atoms with E-state index in [-0.39, 0.29) is 12.4 Å². The zero-order chi connectivity index (χ0) is 13.2. The van der Waals surface area contributed by atoms with Crippen LogP contribution in [0.4, 0.5) is 0 Å². The highest BCUT2D eigenvalue weighted by Crippen LogP contribution is 2.10. The van der Waals surface area contributed by atoms with Crippen molar-refractivity contribution in [3.63, 3.8) is 0 Å². The van der Waals surface area contributed by atoms with Gasteiger partial charge in [0.05, 0.1) is 19.6 Å². The summed E-state index contributed by atoms with van der Waals surface area (Å²) in [7, 11) is 1.34. The highest BCUT2D eigenvalue weighted by molar-refractivity contribution is 5.69. The molecule has 1 N–H and O–H groups in total. The summed E-state index contributed by atoms with van der Waals surface area (Å²) >= 11 is 0. The number of hydrogen-bond acceptors (Lipinski definition) is 3. The van der Waals surface area contributed by atoms with Crippen LogP contribution in [-0.2, 0) is 16.0 Å². The van der Waals surface area contributed by atoms with Crippen molar-refractivity contribution in [2.24, 2.45) is 0 Å². The maximum absolute atomic E-state index is 10.9. The van der Waals surface area contributed by atoms with Crippen molar-refractivity contribution >= 4 is 5.97 Å². The van der Waals surface area contributed by atoms with Gasteiger partial charge in [-0.3, -0.25) is 4.79 Å². The molecule has 1 rings (SSSR count). The third-order valence-corrected chi connectivity index (χ3v) is 2.98. The maximum atomic E-state index is 10.9. The predicted octanol–water partition coefficient (Wildman–Crippen LogP) is 2.71. The van der Waals surface area contributed by atoms with E-state index in [9.17, 15) is 9.90 Å². The molecule has 0 saturated carbocycles. The zero-order valence-corrected chi connectivity index (χ0v) is 11.0. The Hall–Kier alpha value is -1.35. The molecule has 0 bridgehead atoms. The van der Waals surface area contributed by atoms with Crippen molar-refractivity contribution in [3.8, 4) is 0 Å². The van der Waals surface area contributed by atoms with E-state index < -0.39 is 6.10 Å². The minimum Gasteiger partial charge on any atom is -0.469 e. The molecule has 3 heteroatoms. The molecule has 0 aliphatic carbocycles. The van der Waals surface area contributed by atoms with Gasteiger partial charge in [0.1, 0.15) is 0 Å². The minimum absolute atomic E-state index is 0.106. The van der Waals surface area contributed by atoms with E-state index >= 15 is 0 Å². The van der Waals surface area contributed by atoms with Crippen molar-refractivity contribution in [2.45, 2.75) is 44.6 Å². The van der Waals surface area contributed by atoms with Crippen LogP contribution in [-0.4, -0.2) is 24.3 Å². The summed E-state index contributed by atoms with van der Waals surface area (Å²) in [5.41, 5.74) is 1.35. The SMILES string of the molecule is COC(=O)CC(O)CCCCCc1ccccc1. The van der Waals surface area contributed by atoms with E-state index in [0.29, 0.717) is 6.42 Å². The van der Waals surface area contributed by atoms with Crippen LogP contribution >= 0.6 is 0 Å². The molecule has 0 aromatic heterocycles. The van der Waals surface area contributed by atoms with Crippen LogP contribution < -0.4 is 0 Å². The Labute approximate surface area is 109 Å². The number of carbonyl (C=O) groups is 1. The molecule has 0 spiro atoms. The molecule has 1 unspecified atom stereocenters. The van der Waals surface area contributed by atoms with Crippen LogP contribution in [0.5, 0.6) is 0 Å². The summed E-state index contributed by atoms with van der Waals surface area (Å²) in [5, 5.41) is 9.57. The molecule has 0 radical (unpaired) electrons. The quantitative estimate of drug-likeness (QED) is 0.570. The third-order valence-electron chi connectivity index (χ3n) is 2.98. The Morgan fingerprint density at radius 3 is 2.61 bits per heavy atom. The lowest BCUT2D eigenvalue weighted by Crippen LogP contribution is -2.14. The van der Waals surface area contributed by atoms with Gasteiger partial charge in [-0.05, 0) is 24.8 Å². The average molecular weight is 250 g/mol. The van der Waals surface area contributed by atoms with E-state index in [1.54, 1.807) is 0 Å². The Morgan fingerprint density at radius 2 is 1.94 bits per heavy atom. The number of methoxy groups -OCH3 is 1. The summed E-state index contributed by atoms with van der Waals surface area (Å²) in [6.07, 6.45) is 4.44. The molecule has 0 amide bonds. The van der Waals surface area contributed by atoms with Gasteiger partial charge >= 0.3 is 5.97 Å². The van der Waals surface area contributed by atoms with E-state index in [0.717, 1.165) is 25.7 Å². The van der Waals surface area contributed by atoms with Gasteiger partial charge in [0.2, 0.25) is 0 Å². The van der Waals surface area contributed by atoms with Crippen molar-refractivity contribution in [2.75, 3.05) is 7.11 Å². The number of aliphatic hydroxyl groups excluding tert-OH is 1. The van der Waals surface area contributed by atoms with E-state index in [2.05, 4.69) is 29.0 Å². The van der Waals surface area contributed by atoms with Crippen molar-refractivity contribution < 1.29 is 14.6 Å². The van der Waals surface area contributed by atoms with Crippen LogP contribution in [0.1, 0.15) is 37.7 Å². The number of unbranched alkanes of at least 4 members (excludes halogenated alkanes) is 2. The molecule has 100 valence electrons. The number of ether oxygens (including phenoxy) is 1. The second-order valence-electron chi connectivity index (χ2n) is 4.52. The number of benzene rings is 1. The van der Waals surface area contributed by atoms with E-state index in [4.69, 9.17) is 0 Å². The van der Waals surface area contributed by atoms with Crippen molar-refractivity contribution in [1.29, 1.82) is 0 Å². The lowest BCUT2D eigenvalue weighted by Gasteiger charge is -2.08. The van der Waals surface area contributed by atoms with Gasteiger partial charge in [0.15, 0.2) is 0 Å². The first-order chi connectivity index (χ1) is 8.72. The molecule has 0 heterocycles. The van der Waals surface area contributed by atoms with Gasteiger partial charge < -0.3 is 9.84 Å². The molecule has 18 heavy (non-hydrogen) atoms. The van der Waals surface area contributed by atoms with Crippen molar-refractivity contribution in [3.05, 3.63) is 35.9 Å². The monoisotopic (exact) mass is 250 g/mol. The second kappa shape index (κ2) is 8.70. The highest BCUT2D eigenvalue weighted by atomic mass is 16.5. The molecule has 0 aliphatic heterocycles. The van der Waals surface area contributed by atoms with Gasteiger partial charge in [0.25, 0.3) is 0 Å². The van der Waals surface area contributed by atoms with Crippen molar-refractivity contribution in [1.82, 2.24) is 0 Å². The smallest absolute Gasteiger partial charge is 0.308 e. The number of esters is 1. The standard InChI is InChI=1S/C15H22O3/c1-18-15(17)12-14(16)11-7-3-6-10-13-8-4-2-5-9-13/h2,4-5,8-9,14,16H,3,6-7,10-12H2,1H3. The molecule has 1 atom stereocenters. The molecule has 0 fully saturated rings. The molecule has 3 nitrogen and oxygen atoms in total. The topological polar surface area (TPSA) is 46.5 Å². The first-order valence-electron chi connectivity index (χ1n) is 6.51. The number of aryl methyl sites for hydroxylation is 1. The lowest BCUT2D eigenvalue weighted by molar-refractivity contribution is -0.142. The van der Waals surface area contributed by atoms with E-state index in [1.165, 1.54) is 12.7 Å². The molecular formula is C15H22O3. The van der Waals surface area contributed by atoms with Gasteiger partial charge in [-0.25, -0.2) is 0 Å². The van der Waals surface area contributed by atoms with Gasteiger partial charge in [-0.2, -0.15) is 0 Å². The summed E-state index contributed by atoms with van der Waals surface area (Å²) in [6.45, 7) is 0. The normalized spacial score (nSPS) is 12.1. The number of rotatable bonds is 8. The average Bonchev–Trinajstić information content (AvgIpc) is 2.39. The minimum atomic E-state index is -0.561. The lowest BCUT2D eigenvalue weighted by atomic mass is 10.0. The largest absolute Gasteiger partial charge is 0.469 e. The van der Waals surface area contributed by atoms with Gasteiger partial charge in [0, 0.05) is 0 Å². The van der Waals surface area contributed by atoms with Crippen LogP contribution in [0, 0.1) is 0 Å². The Morgan fingerprint density at radius 1 is 1.22 bits per heavy atom. The first-order valence-corrected chi connectivity index (χ1v) is 6.51. The van der Waals surface area contributed by atoms with Gasteiger partial charge in [-0.15, -0.1) is 0 Å². The predicted molar refractivity (Wildman–Crippen MR) is 71.3 cm³/mol. The molecule has 1 aromatic carbocycles. The Kier molecular flexibility index (Phi) is 7.11. The molecular weight excluding hydrogens is 228 g/mol. The number of aliphatic hydroxyl groups is 1. The van der Waals surface area contributed by atoms with Crippen LogP contribution in [0.2, 0.25) is 0 Å². The fourth-order valence-corrected chi connectivity index (χ4v) is 1.91. The molecule has 0 aliphatic rings. The fraction of sp³-hybridized carbons (Fsp3) is 0.533. The first kappa shape index (κ1) is 14.7. The molecule has 1 aromatic rings. The van der Waals surface area contributed by atoms with E-state index in [1.807, 2.05) is 6.07 Å². The Balaban J connectivity index is 2.03. The molecule has 0 saturated heterocycles. The fourth-order valence-electron chi connectivity index (χ4n) is 1.91. The second-order valence-corrected chi connectivity index (χ2v) is 4.52. The van der Waals surface area contributed by atoms with Crippen LogP contribution in [0.3, 0.4) is 0 Å². The summed E-state index contributed by atoms with van der Waals surface area (Å²) in [5.74, 6) is -0.341. The van der Waals surface area contributed by atoms with Crippen LogP contribution in [0.15, 0.2) is 30.3 Å². The maximum Gasteiger partial charge on any atom is 0.308 e. The number of carbonyl (C=O) groups excluding carboxylic acids is 1. The third kappa shape index (κ3) is 6.40. The zero-order valence-electron chi connectivity index (χ0n) is 11.0. The summed E-state index contributed by atoms with van der Waals surface area (Å²) < 4.78 is 4.51. The summed E-state index contributed by atoms with van der Waals surface area (Å²) in [4.78, 5) is 10.9. The Bertz CT molecular complexity index is 335. The highest BCUT2D eigenvalue weighted by Gasteiger charge is 2.10. The van der Waals surface area contributed by atoms with Crippen LogP contribution in [0.25, 0.3) is 0 Å². The number of hydrogen-bond donors (Lipinski definition) is 1.